The summed E-state index contributed by atoms with van der Waals surface area (Å²) in [6.45, 7) is 16.7. The van der Waals surface area contributed by atoms with Gasteiger partial charge < -0.3 is 36.8 Å². The summed E-state index contributed by atoms with van der Waals surface area (Å²) in [7, 11) is 0. The molecule has 2 aromatic carbocycles. The summed E-state index contributed by atoms with van der Waals surface area (Å²) < 4.78 is 0. The lowest BCUT2D eigenvalue weighted by Crippen LogP contribution is -2.36. The lowest BCUT2D eigenvalue weighted by atomic mass is 10.1. The van der Waals surface area contributed by atoms with Crippen LogP contribution in [0.1, 0.15) is 43.6 Å². The van der Waals surface area contributed by atoms with Crippen molar-refractivity contribution < 1.29 is 39.0 Å². The summed E-state index contributed by atoms with van der Waals surface area (Å²) in [5.41, 5.74) is 3.34. The summed E-state index contributed by atoms with van der Waals surface area (Å²) in [6.07, 6.45) is 14.4. The van der Waals surface area contributed by atoms with Crippen LogP contribution in [-0.2, 0) is 24.0 Å². The Morgan fingerprint density at radius 2 is 1.05 bits per heavy atom. The highest BCUT2D eigenvalue weighted by atomic mass is 16.4. The molecule has 0 aliphatic heterocycles. The van der Waals surface area contributed by atoms with Crippen molar-refractivity contribution in [2.24, 2.45) is 0 Å². The molecule has 5 amide bonds. The van der Waals surface area contributed by atoms with Gasteiger partial charge in [-0.25, -0.2) is 4.79 Å². The summed E-state index contributed by atoms with van der Waals surface area (Å²) >= 11 is 0. The van der Waals surface area contributed by atoms with E-state index in [0.717, 1.165) is 5.56 Å². The third-order valence-corrected chi connectivity index (χ3v) is 7.50. The van der Waals surface area contributed by atoms with Crippen LogP contribution in [0, 0.1) is 0 Å². The van der Waals surface area contributed by atoms with Gasteiger partial charge in [-0.2, -0.15) is 0 Å². The third-order valence-electron chi connectivity index (χ3n) is 7.50. The Labute approximate surface area is 325 Å². The van der Waals surface area contributed by atoms with Crippen LogP contribution < -0.4 is 26.6 Å². The molecule has 0 unspecified atom stereocenters. The van der Waals surface area contributed by atoms with Crippen LogP contribution in [0.4, 0.5) is 5.69 Å². The van der Waals surface area contributed by atoms with Gasteiger partial charge in [-0.3, -0.25) is 24.0 Å². The molecule has 0 spiro atoms. The first kappa shape index (κ1) is 44.6. The van der Waals surface area contributed by atoms with E-state index in [9.17, 15) is 33.9 Å². The van der Waals surface area contributed by atoms with Crippen molar-refractivity contribution in [1.82, 2.24) is 21.3 Å². The normalized spacial score (nSPS) is 12.8. The molecule has 0 aromatic heterocycles. The molecule has 0 bridgehead atoms. The maximum Gasteiger partial charge on any atom is 0.331 e. The predicted octanol–water partition coefficient (Wildman–Crippen LogP) is 5.65. The Bertz CT molecular complexity index is 2090. The summed E-state index contributed by atoms with van der Waals surface area (Å²) in [5, 5.41) is 31.5. The molecule has 2 aromatic rings. The van der Waals surface area contributed by atoms with E-state index < -0.39 is 29.6 Å². The summed E-state index contributed by atoms with van der Waals surface area (Å²) in [4.78, 5) is 74.2. The van der Waals surface area contributed by atoms with Gasteiger partial charge in [0.1, 0.15) is 5.75 Å². The molecule has 13 heteroatoms. The topological polar surface area (TPSA) is 203 Å². The molecule has 290 valence electrons. The van der Waals surface area contributed by atoms with E-state index in [1.165, 1.54) is 85.9 Å². The molecule has 0 fully saturated rings. The number of allylic oxidation sites excluding steroid dienone is 9. The van der Waals surface area contributed by atoms with Crippen LogP contribution in [0.2, 0.25) is 0 Å². The number of rotatable bonds is 18. The fourth-order valence-electron chi connectivity index (χ4n) is 4.10. The quantitative estimate of drug-likeness (QED) is 0.0747. The van der Waals surface area contributed by atoms with E-state index >= 15 is 0 Å². The lowest BCUT2D eigenvalue weighted by Gasteiger charge is -2.09. The van der Waals surface area contributed by atoms with Gasteiger partial charge in [0, 0.05) is 50.6 Å². The van der Waals surface area contributed by atoms with Gasteiger partial charge >= 0.3 is 5.97 Å². The monoisotopic (exact) mass is 759 g/mol. The third kappa shape index (κ3) is 15.6. The first-order valence-electron chi connectivity index (χ1n) is 16.9. The number of hydrogen-bond acceptors (Lipinski definition) is 7. The van der Waals surface area contributed by atoms with E-state index in [1.807, 2.05) is 0 Å². The van der Waals surface area contributed by atoms with Gasteiger partial charge in [0.15, 0.2) is 0 Å². The second-order valence-corrected chi connectivity index (χ2v) is 11.9. The number of carbonyl (C=O) groups excluding carboxylic acids is 5. The zero-order valence-corrected chi connectivity index (χ0v) is 31.6. The highest BCUT2D eigenvalue weighted by molar-refractivity contribution is 6.06. The van der Waals surface area contributed by atoms with Gasteiger partial charge in [0.2, 0.25) is 5.91 Å². The van der Waals surface area contributed by atoms with E-state index in [2.05, 4.69) is 46.3 Å². The minimum atomic E-state index is -1.09. The molecule has 7 N–H and O–H groups in total. The molecule has 0 radical (unpaired) electrons. The van der Waals surface area contributed by atoms with Crippen LogP contribution >= 0.6 is 0 Å². The molecular formula is C43H45N5O8. The Morgan fingerprint density at radius 3 is 1.52 bits per heavy atom. The average molecular weight is 760 g/mol. The number of carboxylic acid groups (broad SMARTS) is 1. The zero-order valence-electron chi connectivity index (χ0n) is 31.6. The second kappa shape index (κ2) is 22.5. The number of phenolic OH excluding ortho intramolecular Hbond substituents is 1. The molecule has 56 heavy (non-hydrogen) atoms. The van der Waals surface area contributed by atoms with Crippen LogP contribution in [-0.4, -0.2) is 52.3 Å². The first-order valence-corrected chi connectivity index (χ1v) is 16.9. The maximum atomic E-state index is 12.8. The van der Waals surface area contributed by atoms with E-state index in [4.69, 9.17) is 5.11 Å². The highest BCUT2D eigenvalue weighted by Gasteiger charge is 2.11. The van der Waals surface area contributed by atoms with Crippen molar-refractivity contribution in [2.45, 2.75) is 27.7 Å². The number of benzene rings is 2. The molecular weight excluding hydrogens is 714 g/mol. The van der Waals surface area contributed by atoms with Crippen LogP contribution in [0.25, 0.3) is 6.08 Å². The predicted molar refractivity (Wildman–Crippen MR) is 217 cm³/mol. The van der Waals surface area contributed by atoms with Gasteiger partial charge in [-0.15, -0.1) is 0 Å². The number of carbonyl (C=O) groups is 6. The van der Waals surface area contributed by atoms with Crippen molar-refractivity contribution in [2.75, 3.05) is 11.9 Å². The SMILES string of the molecule is C=C/C(=C\C=C(/C)C(=O)N/C(C=C)=C/C=C(\C)C(=O)N/C(C=C)=C/C=C(\C)C(=O)O)NC(=O)CNC(=O)c1ccc(NC(=O)/C(C)=C/c2ccc(O)cc2)cc1. The standard InChI is InChI=1S/C43H45N5O8/c1-8-33(18-11-27(4)39(51)46-34(9-2)19-12-28(5)40(52)47-35(10-3)20-13-29(6)43(55)56)45-38(50)26-44-42(54)32-16-21-36(22-17-32)48-41(53)30(7)25-31-14-23-37(49)24-15-31/h8-25,49H,1-3,26H2,4-7H3,(H,44,54)(H,45,50)(H,46,51)(H,47,52)(H,48,53)(H,55,56)/b27-11+,28-12+,29-13+,30-25+,33-18+,34-19+,35-20+. The fourth-order valence-corrected chi connectivity index (χ4v) is 4.10. The molecule has 0 aliphatic rings. The average Bonchev–Trinajstić information content (AvgIpc) is 3.18. The molecule has 2 rings (SSSR count). The molecule has 0 atom stereocenters. The minimum absolute atomic E-state index is 0.0746. The maximum absolute atomic E-state index is 12.8. The van der Waals surface area contributed by atoms with Crippen molar-refractivity contribution >= 4 is 47.3 Å². The molecule has 0 saturated heterocycles. The summed E-state index contributed by atoms with van der Waals surface area (Å²) in [6, 6.07) is 12.5. The summed E-state index contributed by atoms with van der Waals surface area (Å²) in [5.74, 6) is -3.36. The van der Waals surface area contributed by atoms with Gasteiger partial charge in [0.25, 0.3) is 23.6 Å². The zero-order chi connectivity index (χ0) is 41.8. The van der Waals surface area contributed by atoms with Crippen molar-refractivity contribution in [3.63, 3.8) is 0 Å². The fraction of sp³-hybridized carbons (Fsp3) is 0.116. The number of anilines is 1. The Kier molecular flexibility index (Phi) is 17.9. The van der Waals surface area contributed by atoms with E-state index in [1.54, 1.807) is 51.1 Å². The first-order chi connectivity index (χ1) is 26.6. The van der Waals surface area contributed by atoms with E-state index in [0.29, 0.717) is 17.0 Å². The molecule has 0 saturated carbocycles. The molecule has 0 aliphatic carbocycles. The Morgan fingerprint density at radius 1 is 0.589 bits per heavy atom. The number of nitrogens with one attached hydrogen (secondary N) is 5. The highest BCUT2D eigenvalue weighted by Crippen LogP contribution is 2.15. The minimum Gasteiger partial charge on any atom is -0.508 e. The van der Waals surface area contributed by atoms with E-state index in [-0.39, 0.29) is 51.9 Å². The second-order valence-electron chi connectivity index (χ2n) is 11.9. The number of carboxylic acids is 1. The van der Waals surface area contributed by atoms with Crippen molar-refractivity contribution in [3.05, 3.63) is 173 Å². The van der Waals surface area contributed by atoms with Gasteiger partial charge in [-0.1, -0.05) is 50.1 Å². The Hall–Kier alpha value is -7.54. The van der Waals surface area contributed by atoms with Crippen molar-refractivity contribution in [1.29, 1.82) is 0 Å². The van der Waals surface area contributed by atoms with Crippen molar-refractivity contribution in [3.8, 4) is 5.75 Å². The number of aliphatic carboxylic acids is 1. The number of aromatic hydroxyl groups is 1. The van der Waals surface area contributed by atoms with Gasteiger partial charge in [-0.05, 0) is 112 Å². The molecule has 0 heterocycles. The van der Waals surface area contributed by atoms with Crippen LogP contribution in [0.15, 0.2) is 162 Å². The lowest BCUT2D eigenvalue weighted by molar-refractivity contribution is -0.132. The molecule has 13 nitrogen and oxygen atoms in total. The van der Waals surface area contributed by atoms with Crippen LogP contribution in [0.3, 0.4) is 0 Å². The number of hydrogen-bond donors (Lipinski definition) is 7. The number of amides is 5. The Balaban J connectivity index is 1.94. The smallest absolute Gasteiger partial charge is 0.331 e. The van der Waals surface area contributed by atoms with Crippen LogP contribution in [0.5, 0.6) is 5.75 Å². The number of phenols is 1. The van der Waals surface area contributed by atoms with Gasteiger partial charge in [0.05, 0.1) is 6.54 Å². The largest absolute Gasteiger partial charge is 0.508 e.